The van der Waals surface area contributed by atoms with Gasteiger partial charge in [-0.15, -0.1) is 0 Å². The molecular weight excluding hydrogens is 249 g/mol. The topological polar surface area (TPSA) is 49.8 Å². The van der Waals surface area contributed by atoms with E-state index in [4.69, 9.17) is 4.74 Å². The number of ether oxygens (including phenoxy) is 1. The monoisotopic (exact) mass is 267 g/mol. The highest BCUT2D eigenvalue weighted by Crippen LogP contribution is 2.20. The molecule has 19 heavy (non-hydrogen) atoms. The Morgan fingerprint density at radius 2 is 2.16 bits per heavy atom. The number of amides is 1. The maximum atomic E-state index is 13.7. The van der Waals surface area contributed by atoms with E-state index >= 15 is 0 Å². The van der Waals surface area contributed by atoms with Crippen LogP contribution in [0, 0.1) is 5.82 Å². The minimum atomic E-state index is -0.523. The van der Waals surface area contributed by atoms with Gasteiger partial charge in [0.1, 0.15) is 0 Å². The molecule has 0 bridgehead atoms. The van der Waals surface area contributed by atoms with Gasteiger partial charge in [0, 0.05) is 18.7 Å². The van der Waals surface area contributed by atoms with Crippen LogP contribution in [0.4, 0.5) is 4.39 Å². The van der Waals surface area contributed by atoms with Gasteiger partial charge in [-0.3, -0.25) is 4.79 Å². The zero-order valence-corrected chi connectivity index (χ0v) is 10.9. The lowest BCUT2D eigenvalue weighted by atomic mass is 10.1. The summed E-state index contributed by atoms with van der Waals surface area (Å²) < 4.78 is 18.8. The number of carbonyl (C=O) groups excluding carboxylic acids is 1. The molecular formula is C14H18FNO3. The van der Waals surface area contributed by atoms with E-state index < -0.39 is 5.82 Å². The number of likely N-dealkylation sites (tertiary alicyclic amines) is 1. The summed E-state index contributed by atoms with van der Waals surface area (Å²) in [5.74, 6) is -0.563. The summed E-state index contributed by atoms with van der Waals surface area (Å²) in [7, 11) is 0. The Hall–Kier alpha value is -1.62. The molecule has 1 saturated heterocycles. The maximum Gasteiger partial charge on any atom is 0.253 e. The first-order valence-corrected chi connectivity index (χ1v) is 6.51. The van der Waals surface area contributed by atoms with E-state index in [1.165, 1.54) is 12.1 Å². The van der Waals surface area contributed by atoms with E-state index in [-0.39, 0.29) is 17.8 Å². The molecule has 0 saturated carbocycles. The van der Waals surface area contributed by atoms with Crippen LogP contribution in [-0.4, -0.2) is 41.7 Å². The van der Waals surface area contributed by atoms with Gasteiger partial charge in [0.25, 0.3) is 5.91 Å². The largest absolute Gasteiger partial charge is 0.491 e. The van der Waals surface area contributed by atoms with Crippen molar-refractivity contribution in [3.05, 3.63) is 29.6 Å². The molecule has 0 unspecified atom stereocenters. The van der Waals surface area contributed by atoms with Gasteiger partial charge < -0.3 is 14.7 Å². The lowest BCUT2D eigenvalue weighted by Crippen LogP contribution is -2.40. The van der Waals surface area contributed by atoms with Crippen LogP contribution < -0.4 is 4.74 Å². The second-order valence-corrected chi connectivity index (χ2v) is 4.60. The zero-order chi connectivity index (χ0) is 13.8. The fourth-order valence-corrected chi connectivity index (χ4v) is 2.16. The molecule has 4 nitrogen and oxygen atoms in total. The van der Waals surface area contributed by atoms with Crippen molar-refractivity contribution in [2.24, 2.45) is 0 Å². The van der Waals surface area contributed by atoms with E-state index in [9.17, 15) is 14.3 Å². The van der Waals surface area contributed by atoms with Gasteiger partial charge in [-0.2, -0.15) is 0 Å². The van der Waals surface area contributed by atoms with Crippen LogP contribution in [0.15, 0.2) is 18.2 Å². The van der Waals surface area contributed by atoms with Crippen molar-refractivity contribution in [3.63, 3.8) is 0 Å². The molecule has 1 aromatic rings. The highest BCUT2D eigenvalue weighted by atomic mass is 19.1. The summed E-state index contributed by atoms with van der Waals surface area (Å²) in [5, 5.41) is 9.40. The average Bonchev–Trinajstić information content (AvgIpc) is 2.41. The van der Waals surface area contributed by atoms with Crippen molar-refractivity contribution < 1.29 is 19.0 Å². The number of aliphatic hydroxyl groups is 1. The summed E-state index contributed by atoms with van der Waals surface area (Å²) in [6.45, 7) is 3.18. The predicted octanol–water partition coefficient (Wildman–Crippen LogP) is 1.82. The third-order valence-electron chi connectivity index (χ3n) is 3.23. The molecule has 1 aliphatic heterocycles. The standard InChI is InChI=1S/C14H18FNO3/c1-2-19-13-4-3-10(9-12(13)15)14(18)16-7-5-11(17)6-8-16/h3-4,9,11,17H,2,5-8H2,1H3. The summed E-state index contributed by atoms with van der Waals surface area (Å²) >= 11 is 0. The number of piperidine rings is 1. The number of aliphatic hydroxyl groups excluding tert-OH is 1. The Labute approximate surface area is 111 Å². The van der Waals surface area contributed by atoms with Crippen LogP contribution in [-0.2, 0) is 0 Å². The highest BCUT2D eigenvalue weighted by Gasteiger charge is 2.22. The SMILES string of the molecule is CCOc1ccc(C(=O)N2CCC(O)CC2)cc1F. The first-order chi connectivity index (χ1) is 9.11. The average molecular weight is 267 g/mol. The van der Waals surface area contributed by atoms with Crippen LogP contribution in [0.3, 0.4) is 0 Å². The van der Waals surface area contributed by atoms with Crippen molar-refractivity contribution in [2.75, 3.05) is 19.7 Å². The van der Waals surface area contributed by atoms with E-state index in [1.807, 2.05) is 0 Å². The molecule has 0 aromatic heterocycles. The molecule has 1 aromatic carbocycles. The van der Waals surface area contributed by atoms with Crippen molar-refractivity contribution in [1.82, 2.24) is 4.90 Å². The molecule has 1 N–H and O–H groups in total. The van der Waals surface area contributed by atoms with Gasteiger partial charge >= 0.3 is 0 Å². The molecule has 1 amide bonds. The van der Waals surface area contributed by atoms with Gasteiger partial charge in [-0.05, 0) is 38.0 Å². The molecule has 0 spiro atoms. The minimum Gasteiger partial charge on any atom is -0.491 e. The van der Waals surface area contributed by atoms with E-state index in [0.29, 0.717) is 38.1 Å². The van der Waals surface area contributed by atoms with Crippen LogP contribution in [0.25, 0.3) is 0 Å². The normalized spacial score (nSPS) is 16.5. The summed E-state index contributed by atoms with van der Waals surface area (Å²) in [6.07, 6.45) is 0.817. The summed E-state index contributed by atoms with van der Waals surface area (Å²) in [4.78, 5) is 13.8. The summed E-state index contributed by atoms with van der Waals surface area (Å²) in [5.41, 5.74) is 0.317. The van der Waals surface area contributed by atoms with E-state index in [2.05, 4.69) is 0 Å². The van der Waals surface area contributed by atoms with Crippen LogP contribution in [0.2, 0.25) is 0 Å². The first kappa shape index (κ1) is 13.8. The van der Waals surface area contributed by atoms with Gasteiger partial charge in [-0.1, -0.05) is 0 Å². The minimum absolute atomic E-state index is 0.160. The second-order valence-electron chi connectivity index (χ2n) is 4.60. The van der Waals surface area contributed by atoms with Gasteiger partial charge in [0.05, 0.1) is 12.7 Å². The third kappa shape index (κ3) is 3.23. The van der Waals surface area contributed by atoms with Crippen molar-refractivity contribution in [1.29, 1.82) is 0 Å². The molecule has 0 aliphatic carbocycles. The molecule has 1 fully saturated rings. The molecule has 1 heterocycles. The number of benzene rings is 1. The van der Waals surface area contributed by atoms with Crippen molar-refractivity contribution >= 4 is 5.91 Å². The number of rotatable bonds is 3. The number of hydrogen-bond donors (Lipinski definition) is 1. The highest BCUT2D eigenvalue weighted by molar-refractivity contribution is 5.94. The third-order valence-corrected chi connectivity index (χ3v) is 3.23. The molecule has 1 aliphatic rings. The van der Waals surface area contributed by atoms with Gasteiger partial charge in [0.15, 0.2) is 11.6 Å². The van der Waals surface area contributed by atoms with Crippen LogP contribution in [0.1, 0.15) is 30.1 Å². The number of halogens is 1. The fourth-order valence-electron chi connectivity index (χ4n) is 2.16. The lowest BCUT2D eigenvalue weighted by molar-refractivity contribution is 0.0546. The number of nitrogens with zero attached hydrogens (tertiary/aromatic N) is 1. The lowest BCUT2D eigenvalue weighted by Gasteiger charge is -2.29. The Morgan fingerprint density at radius 1 is 1.47 bits per heavy atom. The number of carbonyl (C=O) groups is 1. The quantitative estimate of drug-likeness (QED) is 0.908. The van der Waals surface area contributed by atoms with Crippen LogP contribution in [0.5, 0.6) is 5.75 Å². The Bertz CT molecular complexity index is 456. The molecule has 0 radical (unpaired) electrons. The van der Waals surface area contributed by atoms with Gasteiger partial charge in [-0.25, -0.2) is 4.39 Å². The fraction of sp³-hybridized carbons (Fsp3) is 0.500. The smallest absolute Gasteiger partial charge is 0.253 e. The zero-order valence-electron chi connectivity index (χ0n) is 10.9. The van der Waals surface area contributed by atoms with Crippen molar-refractivity contribution in [2.45, 2.75) is 25.9 Å². The van der Waals surface area contributed by atoms with Crippen LogP contribution >= 0.6 is 0 Å². The Balaban J connectivity index is 2.09. The Morgan fingerprint density at radius 3 is 2.74 bits per heavy atom. The van der Waals surface area contributed by atoms with Crippen molar-refractivity contribution in [3.8, 4) is 5.75 Å². The predicted molar refractivity (Wildman–Crippen MR) is 68.7 cm³/mol. The van der Waals surface area contributed by atoms with Gasteiger partial charge in [0.2, 0.25) is 0 Å². The van der Waals surface area contributed by atoms with E-state index in [1.54, 1.807) is 17.9 Å². The Kier molecular flexibility index (Phi) is 4.37. The second kappa shape index (κ2) is 6.02. The molecule has 2 rings (SSSR count). The first-order valence-electron chi connectivity index (χ1n) is 6.51. The summed E-state index contributed by atoms with van der Waals surface area (Å²) in [6, 6.07) is 4.25. The molecule has 5 heteroatoms. The number of hydrogen-bond acceptors (Lipinski definition) is 3. The molecule has 104 valence electrons. The van der Waals surface area contributed by atoms with E-state index in [0.717, 1.165) is 0 Å². The maximum absolute atomic E-state index is 13.7. The molecule has 0 atom stereocenters.